The third kappa shape index (κ3) is 6.25. The summed E-state index contributed by atoms with van der Waals surface area (Å²) >= 11 is 0. The molecule has 0 aromatic heterocycles. The first-order valence-corrected chi connectivity index (χ1v) is 6.78. The fourth-order valence-corrected chi connectivity index (χ4v) is 1.55. The lowest BCUT2D eigenvalue weighted by atomic mass is 10.1. The molecule has 0 spiro atoms. The zero-order chi connectivity index (χ0) is 17.6. The van der Waals surface area contributed by atoms with Gasteiger partial charge in [-0.2, -0.15) is 0 Å². The van der Waals surface area contributed by atoms with Gasteiger partial charge in [-0.15, -0.1) is 0 Å². The Bertz CT molecular complexity index is 606. The highest BCUT2D eigenvalue weighted by molar-refractivity contribution is 5.98. The summed E-state index contributed by atoms with van der Waals surface area (Å²) in [6.07, 6.45) is 0. The average molecular weight is 324 g/mol. The summed E-state index contributed by atoms with van der Waals surface area (Å²) in [6.45, 7) is 4.60. The molecular formula is C15H20N2O6. The smallest absolute Gasteiger partial charge is 0.342 e. The third-order valence-corrected chi connectivity index (χ3v) is 2.50. The van der Waals surface area contributed by atoms with Crippen molar-refractivity contribution in [2.45, 2.75) is 26.3 Å². The molecule has 1 rings (SSSR count). The molecule has 0 saturated heterocycles. The van der Waals surface area contributed by atoms with Crippen LogP contribution in [-0.4, -0.2) is 42.3 Å². The number of hydrogen-bond acceptors (Lipinski definition) is 6. The summed E-state index contributed by atoms with van der Waals surface area (Å²) in [5, 5.41) is 14.2. The van der Waals surface area contributed by atoms with E-state index in [1.165, 1.54) is 25.3 Å². The highest BCUT2D eigenvalue weighted by Crippen LogP contribution is 2.23. The maximum Gasteiger partial charge on any atom is 0.342 e. The van der Waals surface area contributed by atoms with Crippen LogP contribution in [-0.2, 0) is 9.53 Å². The molecule has 1 aromatic carbocycles. The van der Waals surface area contributed by atoms with Crippen molar-refractivity contribution in [3.63, 3.8) is 0 Å². The summed E-state index contributed by atoms with van der Waals surface area (Å²) in [7, 11) is 1.41. The lowest BCUT2D eigenvalue weighted by molar-refractivity contribution is -0.123. The maximum absolute atomic E-state index is 11.8. The van der Waals surface area contributed by atoms with E-state index in [2.05, 4.69) is 5.32 Å². The number of phenols is 1. The van der Waals surface area contributed by atoms with Gasteiger partial charge in [0.15, 0.2) is 6.61 Å². The lowest BCUT2D eigenvalue weighted by Gasteiger charge is -2.20. The summed E-state index contributed by atoms with van der Waals surface area (Å²) in [5.74, 6) is -1.65. The minimum Gasteiger partial charge on any atom is -0.507 e. The molecular weight excluding hydrogens is 304 g/mol. The second-order valence-corrected chi connectivity index (χ2v) is 5.71. The molecule has 0 saturated carbocycles. The van der Waals surface area contributed by atoms with Gasteiger partial charge in [-0.3, -0.25) is 10.1 Å². The molecule has 0 bridgehead atoms. The Labute approximate surface area is 133 Å². The minimum absolute atomic E-state index is 0.142. The normalized spacial score (nSPS) is 10.6. The van der Waals surface area contributed by atoms with E-state index < -0.39 is 30.1 Å². The summed E-state index contributed by atoms with van der Waals surface area (Å²) in [6, 6.07) is 3.33. The Morgan fingerprint density at radius 2 is 1.87 bits per heavy atom. The van der Waals surface area contributed by atoms with Crippen molar-refractivity contribution < 1.29 is 29.0 Å². The Kier molecular flexibility index (Phi) is 5.94. The van der Waals surface area contributed by atoms with Crippen LogP contribution < -0.4 is 15.4 Å². The molecule has 0 fully saturated rings. The number of methoxy groups -OCH3 is 1. The zero-order valence-electron chi connectivity index (χ0n) is 13.4. The lowest BCUT2D eigenvalue weighted by Crippen LogP contribution is -2.49. The Morgan fingerprint density at radius 3 is 2.43 bits per heavy atom. The first-order valence-electron chi connectivity index (χ1n) is 6.78. The number of imide groups is 1. The van der Waals surface area contributed by atoms with E-state index in [9.17, 15) is 19.5 Å². The van der Waals surface area contributed by atoms with Gasteiger partial charge in [0.1, 0.15) is 17.1 Å². The van der Waals surface area contributed by atoms with E-state index in [0.29, 0.717) is 5.75 Å². The van der Waals surface area contributed by atoms with Gasteiger partial charge in [0.05, 0.1) is 7.11 Å². The van der Waals surface area contributed by atoms with Crippen LogP contribution in [0.5, 0.6) is 11.5 Å². The molecule has 0 aliphatic rings. The molecule has 0 radical (unpaired) electrons. The standard InChI is InChI=1S/C15H20N2O6/c1-15(2,3)17-14(21)16-12(19)8-23-13(20)10-7-9(22-4)5-6-11(10)18/h5-7,18H,8H2,1-4H3,(H2,16,17,19,21). The number of urea groups is 1. The van der Waals surface area contributed by atoms with E-state index in [0.717, 1.165) is 0 Å². The first kappa shape index (κ1) is 18.3. The number of amides is 3. The van der Waals surface area contributed by atoms with Gasteiger partial charge < -0.3 is 19.9 Å². The van der Waals surface area contributed by atoms with E-state index >= 15 is 0 Å². The van der Waals surface area contributed by atoms with E-state index in [1.54, 1.807) is 20.8 Å². The fraction of sp³-hybridized carbons (Fsp3) is 0.400. The van der Waals surface area contributed by atoms with Crippen LogP contribution in [0.3, 0.4) is 0 Å². The van der Waals surface area contributed by atoms with Crippen LogP contribution in [0.15, 0.2) is 18.2 Å². The number of ether oxygens (including phenoxy) is 2. The van der Waals surface area contributed by atoms with Crippen molar-refractivity contribution in [3.8, 4) is 11.5 Å². The molecule has 0 unspecified atom stereocenters. The fourth-order valence-electron chi connectivity index (χ4n) is 1.55. The second-order valence-electron chi connectivity index (χ2n) is 5.71. The van der Waals surface area contributed by atoms with Crippen molar-refractivity contribution in [1.82, 2.24) is 10.6 Å². The SMILES string of the molecule is COc1ccc(O)c(C(=O)OCC(=O)NC(=O)NC(C)(C)C)c1. The number of aromatic hydroxyl groups is 1. The van der Waals surface area contributed by atoms with Crippen LogP contribution >= 0.6 is 0 Å². The van der Waals surface area contributed by atoms with Crippen LogP contribution in [0.2, 0.25) is 0 Å². The topological polar surface area (TPSA) is 114 Å². The molecule has 3 N–H and O–H groups in total. The summed E-state index contributed by atoms with van der Waals surface area (Å²) in [4.78, 5) is 34.9. The molecule has 0 aliphatic heterocycles. The minimum atomic E-state index is -0.909. The van der Waals surface area contributed by atoms with Gasteiger partial charge in [0.25, 0.3) is 5.91 Å². The molecule has 23 heavy (non-hydrogen) atoms. The number of esters is 1. The van der Waals surface area contributed by atoms with Crippen molar-refractivity contribution in [2.24, 2.45) is 0 Å². The predicted molar refractivity (Wildman–Crippen MR) is 81.4 cm³/mol. The van der Waals surface area contributed by atoms with Crippen LogP contribution in [0.4, 0.5) is 4.79 Å². The number of benzene rings is 1. The quantitative estimate of drug-likeness (QED) is 0.717. The number of carbonyl (C=O) groups excluding carboxylic acids is 3. The van der Waals surface area contributed by atoms with Gasteiger partial charge in [0, 0.05) is 5.54 Å². The van der Waals surface area contributed by atoms with Gasteiger partial charge >= 0.3 is 12.0 Å². The Morgan fingerprint density at radius 1 is 1.22 bits per heavy atom. The van der Waals surface area contributed by atoms with Crippen LogP contribution in [0.1, 0.15) is 31.1 Å². The highest BCUT2D eigenvalue weighted by Gasteiger charge is 2.18. The largest absolute Gasteiger partial charge is 0.507 e. The molecule has 0 heterocycles. The van der Waals surface area contributed by atoms with Crippen molar-refractivity contribution in [3.05, 3.63) is 23.8 Å². The van der Waals surface area contributed by atoms with Gasteiger partial charge in [-0.1, -0.05) is 0 Å². The number of hydrogen-bond donors (Lipinski definition) is 3. The second kappa shape index (κ2) is 7.48. The molecule has 1 aromatic rings. The highest BCUT2D eigenvalue weighted by atomic mass is 16.5. The predicted octanol–water partition coefficient (Wildman–Crippen LogP) is 1.18. The van der Waals surface area contributed by atoms with E-state index in [-0.39, 0.29) is 11.3 Å². The summed E-state index contributed by atoms with van der Waals surface area (Å²) < 4.78 is 9.69. The van der Waals surface area contributed by atoms with Crippen molar-refractivity contribution in [2.75, 3.05) is 13.7 Å². The third-order valence-electron chi connectivity index (χ3n) is 2.50. The number of carbonyl (C=O) groups is 3. The zero-order valence-corrected chi connectivity index (χ0v) is 13.4. The van der Waals surface area contributed by atoms with Crippen LogP contribution in [0, 0.1) is 0 Å². The Balaban J connectivity index is 2.56. The average Bonchev–Trinajstić information content (AvgIpc) is 2.43. The summed E-state index contributed by atoms with van der Waals surface area (Å²) in [5.41, 5.74) is -0.649. The molecule has 3 amide bonds. The van der Waals surface area contributed by atoms with Gasteiger partial charge in [-0.05, 0) is 39.0 Å². The molecule has 0 atom stereocenters. The van der Waals surface area contributed by atoms with Crippen molar-refractivity contribution in [1.29, 1.82) is 0 Å². The molecule has 8 heteroatoms. The van der Waals surface area contributed by atoms with Gasteiger partial charge in [0.2, 0.25) is 0 Å². The molecule has 0 aliphatic carbocycles. The maximum atomic E-state index is 11.8. The number of nitrogens with one attached hydrogen (secondary N) is 2. The van der Waals surface area contributed by atoms with E-state index in [4.69, 9.17) is 9.47 Å². The molecule has 126 valence electrons. The first-order chi connectivity index (χ1) is 10.6. The number of phenolic OH excluding ortho intramolecular Hbond substituents is 1. The van der Waals surface area contributed by atoms with E-state index in [1.807, 2.05) is 5.32 Å². The molecule has 8 nitrogen and oxygen atoms in total. The van der Waals surface area contributed by atoms with Crippen LogP contribution in [0.25, 0.3) is 0 Å². The monoisotopic (exact) mass is 324 g/mol. The number of rotatable bonds is 4. The Hall–Kier alpha value is -2.77. The van der Waals surface area contributed by atoms with Crippen molar-refractivity contribution >= 4 is 17.9 Å². The van der Waals surface area contributed by atoms with Gasteiger partial charge in [-0.25, -0.2) is 9.59 Å².